The minimum Gasteiger partial charge on any atom is -0.459 e. The maximum absolute atomic E-state index is 11.6. The molecule has 0 aliphatic carbocycles. The third kappa shape index (κ3) is 2.12. The van der Waals surface area contributed by atoms with Gasteiger partial charge < -0.3 is 13.9 Å². The van der Waals surface area contributed by atoms with Gasteiger partial charge in [0.1, 0.15) is 17.7 Å². The summed E-state index contributed by atoms with van der Waals surface area (Å²) in [5.41, 5.74) is 2.92. The summed E-state index contributed by atoms with van der Waals surface area (Å²) in [5.74, 6) is -1.39. The zero-order valence-corrected chi connectivity index (χ0v) is 10.7. The molecule has 0 saturated carbocycles. The van der Waals surface area contributed by atoms with Crippen LogP contribution in [-0.4, -0.2) is 18.3 Å². The average Bonchev–Trinajstić information content (AvgIpc) is 2.62. The minimum absolute atomic E-state index is 0.0103. The van der Waals surface area contributed by atoms with Crippen LogP contribution in [0, 0.1) is 0 Å². The summed E-state index contributed by atoms with van der Waals surface area (Å²) >= 11 is 0. The number of rotatable bonds is 3. The van der Waals surface area contributed by atoms with E-state index in [2.05, 4.69) is 4.74 Å². The van der Waals surface area contributed by atoms with E-state index < -0.39 is 22.4 Å². The van der Waals surface area contributed by atoms with Crippen LogP contribution in [0.3, 0.4) is 0 Å². The molecule has 0 aliphatic rings. The fourth-order valence-corrected chi connectivity index (χ4v) is 1.63. The number of fused-ring (bicyclic) bond motifs is 1. The van der Waals surface area contributed by atoms with Crippen molar-refractivity contribution in [3.05, 3.63) is 26.2 Å². The van der Waals surface area contributed by atoms with Gasteiger partial charge >= 0.3 is 5.97 Å². The first-order valence-electron chi connectivity index (χ1n) is 5.58. The lowest BCUT2D eigenvalue weighted by atomic mass is 10.1. The van der Waals surface area contributed by atoms with Crippen molar-refractivity contribution in [3.8, 4) is 5.95 Å². The van der Waals surface area contributed by atoms with Gasteiger partial charge in [0.25, 0.3) is 5.95 Å². The predicted molar refractivity (Wildman–Crippen MR) is 66.0 cm³/mol. The van der Waals surface area contributed by atoms with Crippen molar-refractivity contribution in [2.45, 2.75) is 26.4 Å². The molecule has 2 aromatic rings. The summed E-state index contributed by atoms with van der Waals surface area (Å²) in [6, 6.07) is 0. The largest absolute Gasteiger partial charge is 0.459 e. The molecule has 0 bridgehead atoms. The van der Waals surface area contributed by atoms with Gasteiger partial charge in [-0.1, -0.05) is 0 Å². The van der Waals surface area contributed by atoms with E-state index in [1.165, 1.54) is 0 Å². The monoisotopic (exact) mass is 267 g/mol. The van der Waals surface area contributed by atoms with E-state index in [0.717, 1.165) is 0 Å². The Kier molecular flexibility index (Phi) is 2.94. The van der Waals surface area contributed by atoms with Crippen LogP contribution in [0.2, 0.25) is 0 Å². The third-order valence-corrected chi connectivity index (χ3v) is 2.34. The van der Waals surface area contributed by atoms with Crippen molar-refractivity contribution >= 4 is 16.7 Å². The van der Waals surface area contributed by atoms with Crippen molar-refractivity contribution in [2.24, 2.45) is 5.73 Å². The summed E-state index contributed by atoms with van der Waals surface area (Å²) in [5, 5.41) is -0.105. The molecule has 7 nitrogen and oxygen atoms in total. The van der Waals surface area contributed by atoms with E-state index >= 15 is 0 Å². The molecular formula is C12H13NO6. The number of carbonyl (C=O) groups excluding carboxylic acids is 1. The van der Waals surface area contributed by atoms with E-state index in [-0.39, 0.29) is 29.2 Å². The van der Waals surface area contributed by atoms with E-state index in [4.69, 9.17) is 14.9 Å². The van der Waals surface area contributed by atoms with Crippen LogP contribution >= 0.6 is 0 Å². The van der Waals surface area contributed by atoms with Crippen LogP contribution in [0.5, 0.6) is 5.95 Å². The lowest BCUT2D eigenvalue weighted by Gasteiger charge is -2.18. The first kappa shape index (κ1) is 13.3. The highest BCUT2D eigenvalue weighted by Crippen LogP contribution is 2.31. The molecule has 0 spiro atoms. The highest BCUT2D eigenvalue weighted by molar-refractivity contribution is 6.06. The van der Waals surface area contributed by atoms with Crippen molar-refractivity contribution in [1.82, 2.24) is 0 Å². The molecule has 1 heterocycles. The van der Waals surface area contributed by atoms with Crippen LogP contribution in [0.15, 0.2) is 14.0 Å². The summed E-state index contributed by atoms with van der Waals surface area (Å²) in [6.07, 6.45) is 0. The molecule has 0 saturated heterocycles. The second kappa shape index (κ2) is 4.20. The molecule has 1 aromatic heterocycles. The van der Waals surface area contributed by atoms with E-state index in [0.29, 0.717) is 0 Å². The standard InChI is InChI=1S/C12H13NO6/c1-12(2,3)19-11-6-5(7(14)8(6)15)9(18-11)10(16)17-4-13/h4,13H2,1-3H3. The topological polar surface area (TPSA) is 109 Å². The minimum atomic E-state index is -0.900. The Morgan fingerprint density at radius 2 is 1.79 bits per heavy atom. The van der Waals surface area contributed by atoms with Crippen molar-refractivity contribution in [2.75, 3.05) is 6.73 Å². The first-order valence-corrected chi connectivity index (χ1v) is 5.58. The van der Waals surface area contributed by atoms with Gasteiger partial charge in [-0.2, -0.15) is 0 Å². The van der Waals surface area contributed by atoms with Crippen LogP contribution in [0.25, 0.3) is 10.8 Å². The highest BCUT2D eigenvalue weighted by Gasteiger charge is 2.32. The number of furan rings is 1. The predicted octanol–water partition coefficient (Wildman–Crippen LogP) is 0.279. The lowest BCUT2D eigenvalue weighted by Crippen LogP contribution is -2.32. The van der Waals surface area contributed by atoms with Crippen LogP contribution in [0.1, 0.15) is 31.3 Å². The van der Waals surface area contributed by atoms with Gasteiger partial charge in [-0.05, 0) is 20.8 Å². The first-order chi connectivity index (χ1) is 8.76. The number of hydrogen-bond acceptors (Lipinski definition) is 7. The number of hydrogen-bond donors (Lipinski definition) is 1. The van der Waals surface area contributed by atoms with Crippen LogP contribution < -0.4 is 21.3 Å². The van der Waals surface area contributed by atoms with Gasteiger partial charge in [-0.25, -0.2) is 4.79 Å². The van der Waals surface area contributed by atoms with Gasteiger partial charge in [-0.3, -0.25) is 15.3 Å². The maximum Gasteiger partial charge on any atom is 0.376 e. The van der Waals surface area contributed by atoms with E-state index in [1.54, 1.807) is 20.8 Å². The SMILES string of the molecule is CC(C)(C)Oc1oc(C(=O)OCN)c2c(=O)c(=O)c12. The summed E-state index contributed by atoms with van der Waals surface area (Å²) in [7, 11) is 0. The van der Waals surface area contributed by atoms with Gasteiger partial charge in [0, 0.05) is 0 Å². The molecule has 102 valence electrons. The lowest BCUT2D eigenvalue weighted by molar-refractivity contribution is 0.0452. The normalized spacial score (nSPS) is 12.0. The average molecular weight is 267 g/mol. The molecule has 0 fully saturated rings. The Balaban J connectivity index is 2.56. The number of esters is 1. The Labute approximate surface area is 107 Å². The molecule has 0 radical (unpaired) electrons. The fourth-order valence-electron chi connectivity index (χ4n) is 1.63. The molecule has 0 unspecified atom stereocenters. The Hall–Kier alpha value is -2.15. The molecule has 0 amide bonds. The second-order valence-electron chi connectivity index (χ2n) is 4.94. The molecule has 19 heavy (non-hydrogen) atoms. The van der Waals surface area contributed by atoms with Crippen molar-refractivity contribution < 1.29 is 18.7 Å². The van der Waals surface area contributed by atoms with Gasteiger partial charge in [0.05, 0.1) is 5.39 Å². The van der Waals surface area contributed by atoms with Gasteiger partial charge in [0.2, 0.25) is 16.6 Å². The van der Waals surface area contributed by atoms with Crippen LogP contribution in [0.4, 0.5) is 0 Å². The summed E-state index contributed by atoms with van der Waals surface area (Å²) in [6.45, 7) is 4.87. The van der Waals surface area contributed by atoms with Crippen molar-refractivity contribution in [1.29, 1.82) is 0 Å². The molecule has 2 N–H and O–H groups in total. The van der Waals surface area contributed by atoms with Crippen molar-refractivity contribution in [3.63, 3.8) is 0 Å². The highest BCUT2D eigenvalue weighted by atomic mass is 16.6. The third-order valence-electron chi connectivity index (χ3n) is 2.34. The van der Waals surface area contributed by atoms with Gasteiger partial charge in [0.15, 0.2) is 0 Å². The molecule has 2 rings (SSSR count). The van der Waals surface area contributed by atoms with Crippen LogP contribution in [-0.2, 0) is 4.74 Å². The quantitative estimate of drug-likeness (QED) is 0.483. The number of carbonyl (C=O) groups is 1. The summed E-state index contributed by atoms with van der Waals surface area (Å²) < 4.78 is 15.1. The summed E-state index contributed by atoms with van der Waals surface area (Å²) in [4.78, 5) is 34.5. The number of ether oxygens (including phenoxy) is 2. The maximum atomic E-state index is 11.6. The fraction of sp³-hybridized carbons (Fsp3) is 0.417. The Bertz CT molecular complexity index is 711. The molecule has 1 aromatic carbocycles. The van der Waals surface area contributed by atoms with E-state index in [1.807, 2.05) is 0 Å². The zero-order chi connectivity index (χ0) is 14.4. The second-order valence-corrected chi connectivity index (χ2v) is 4.94. The molecular weight excluding hydrogens is 254 g/mol. The number of nitrogens with two attached hydrogens (primary N) is 1. The molecule has 0 aliphatic heterocycles. The zero-order valence-electron chi connectivity index (χ0n) is 10.7. The Morgan fingerprint density at radius 3 is 2.32 bits per heavy atom. The molecule has 7 heteroatoms. The van der Waals surface area contributed by atoms with E-state index in [9.17, 15) is 14.4 Å². The van der Waals surface area contributed by atoms with Gasteiger partial charge in [-0.15, -0.1) is 0 Å². The molecule has 0 atom stereocenters. The Morgan fingerprint density at radius 1 is 1.21 bits per heavy atom. The smallest absolute Gasteiger partial charge is 0.376 e.